The van der Waals surface area contributed by atoms with Crippen LogP contribution in [0.5, 0.6) is 34.5 Å². The molecule has 0 aromatic heterocycles. The summed E-state index contributed by atoms with van der Waals surface area (Å²) in [5.41, 5.74) is 6.87. The van der Waals surface area contributed by atoms with E-state index in [-0.39, 0.29) is 0 Å². The minimum absolute atomic E-state index is 0.612. The van der Waals surface area contributed by atoms with Gasteiger partial charge in [-0.05, 0) is 84.5 Å². The number of aryl methyl sites for hydroxylation is 2. The van der Waals surface area contributed by atoms with Gasteiger partial charge in [-0.25, -0.2) is 0 Å². The Kier molecular flexibility index (Phi) is 7.75. The molecule has 0 N–H and O–H groups in total. The minimum Gasteiger partial charge on any atom is -0.497 e. The molecule has 240 valence electrons. The largest absolute Gasteiger partial charge is 0.530 e. The van der Waals surface area contributed by atoms with Gasteiger partial charge in [-0.15, -0.1) is 0 Å². The van der Waals surface area contributed by atoms with E-state index in [2.05, 4.69) is 60.2 Å². The Morgan fingerprint density at radius 2 is 1.15 bits per heavy atom. The quantitative estimate of drug-likeness (QED) is 0.156. The first-order valence-corrected chi connectivity index (χ1v) is 17.9. The van der Waals surface area contributed by atoms with Crippen molar-refractivity contribution in [1.29, 1.82) is 0 Å². The highest BCUT2D eigenvalue weighted by Gasteiger charge is 2.34. The zero-order valence-electron chi connectivity index (χ0n) is 27.2. The molecule has 0 amide bonds. The molecule has 2 aliphatic rings. The molecule has 6 aromatic rings. The third-order valence-corrected chi connectivity index (χ3v) is 11.6. The van der Waals surface area contributed by atoms with Crippen LogP contribution < -0.4 is 37.5 Å². The maximum Gasteiger partial charge on any atom is 0.530 e. The highest BCUT2D eigenvalue weighted by Crippen LogP contribution is 2.57. The molecule has 6 aromatic carbocycles. The van der Waals surface area contributed by atoms with Crippen LogP contribution in [0.3, 0.4) is 0 Å². The third kappa shape index (κ3) is 5.15. The van der Waals surface area contributed by atoms with Crippen molar-refractivity contribution in [2.75, 3.05) is 25.9 Å². The molecular formula is C39H33NO6P2. The Hall–Kier alpha value is -4.96. The van der Waals surface area contributed by atoms with Crippen molar-refractivity contribution in [3.05, 3.63) is 120 Å². The summed E-state index contributed by atoms with van der Waals surface area (Å²) in [6, 6.07) is 36.8. The van der Waals surface area contributed by atoms with Gasteiger partial charge in [-0.2, -0.15) is 0 Å². The van der Waals surface area contributed by atoms with Crippen LogP contribution >= 0.6 is 16.9 Å². The molecule has 2 aliphatic heterocycles. The fraction of sp³-hybridized carbons (Fsp3) is 0.128. The summed E-state index contributed by atoms with van der Waals surface area (Å²) in [5, 5.41) is 3.14. The SMILES string of the molecule is COc1cc(C)c(OP2Oc3cccc4cccc(c34)O2)c(-c2cc(OC)cc(C)c2OP2c3ccccc3-c3ccccc3N2C)c1. The summed E-state index contributed by atoms with van der Waals surface area (Å²) in [6.07, 6.45) is 0. The zero-order chi connectivity index (χ0) is 32.9. The molecule has 7 nitrogen and oxygen atoms in total. The fourth-order valence-corrected chi connectivity index (χ4v) is 9.46. The first-order valence-electron chi connectivity index (χ1n) is 15.6. The average molecular weight is 674 g/mol. The van der Waals surface area contributed by atoms with E-state index in [4.69, 9.17) is 27.6 Å². The van der Waals surface area contributed by atoms with Crippen molar-refractivity contribution in [2.24, 2.45) is 0 Å². The van der Waals surface area contributed by atoms with E-state index in [0.717, 1.165) is 61.3 Å². The van der Waals surface area contributed by atoms with Gasteiger partial charge < -0.3 is 32.2 Å². The molecular weight excluding hydrogens is 640 g/mol. The van der Waals surface area contributed by atoms with Gasteiger partial charge in [-0.3, -0.25) is 0 Å². The first kappa shape index (κ1) is 30.4. The van der Waals surface area contributed by atoms with Gasteiger partial charge in [0.05, 0.1) is 25.3 Å². The van der Waals surface area contributed by atoms with Gasteiger partial charge >= 0.3 is 8.60 Å². The molecule has 48 heavy (non-hydrogen) atoms. The maximum absolute atomic E-state index is 7.19. The lowest BCUT2D eigenvalue weighted by atomic mass is 9.98. The van der Waals surface area contributed by atoms with Gasteiger partial charge in [0, 0.05) is 29.0 Å². The number of para-hydroxylation sites is 1. The second-order valence-electron chi connectivity index (χ2n) is 11.7. The Bertz CT molecular complexity index is 2160. The zero-order valence-corrected chi connectivity index (χ0v) is 29.0. The Labute approximate surface area is 282 Å². The van der Waals surface area contributed by atoms with E-state index in [1.807, 2.05) is 74.5 Å². The average Bonchev–Trinajstić information content (AvgIpc) is 3.11. The molecule has 1 atom stereocenters. The minimum atomic E-state index is -1.83. The number of hydrogen-bond acceptors (Lipinski definition) is 7. The lowest BCUT2D eigenvalue weighted by molar-refractivity contribution is 0.379. The Balaban J connectivity index is 1.24. The lowest BCUT2D eigenvalue weighted by Crippen LogP contribution is -2.27. The number of benzene rings is 6. The predicted molar refractivity (Wildman–Crippen MR) is 195 cm³/mol. The normalized spacial score (nSPS) is 14.8. The Morgan fingerprint density at radius 3 is 1.77 bits per heavy atom. The number of fused-ring (bicyclic) bond motifs is 3. The van der Waals surface area contributed by atoms with E-state index in [1.165, 1.54) is 11.1 Å². The smallest absolute Gasteiger partial charge is 0.497 e. The number of hydrogen-bond donors (Lipinski definition) is 0. The third-order valence-electron chi connectivity index (χ3n) is 8.70. The fourth-order valence-electron chi connectivity index (χ4n) is 6.38. The molecule has 0 bridgehead atoms. The number of anilines is 1. The molecule has 0 saturated carbocycles. The van der Waals surface area contributed by atoms with Gasteiger partial charge in [0.1, 0.15) is 34.5 Å². The predicted octanol–water partition coefficient (Wildman–Crippen LogP) is 10.4. The van der Waals surface area contributed by atoms with Crippen LogP contribution in [-0.2, 0) is 0 Å². The van der Waals surface area contributed by atoms with Gasteiger partial charge in [0.15, 0.2) is 0 Å². The molecule has 9 heteroatoms. The van der Waals surface area contributed by atoms with Gasteiger partial charge in [0.2, 0.25) is 8.30 Å². The summed E-state index contributed by atoms with van der Waals surface area (Å²) < 4.78 is 40.4. The van der Waals surface area contributed by atoms with Crippen LogP contribution in [0.25, 0.3) is 33.0 Å². The van der Waals surface area contributed by atoms with Gasteiger partial charge in [0.25, 0.3) is 0 Å². The molecule has 0 aliphatic carbocycles. The summed E-state index contributed by atoms with van der Waals surface area (Å²) in [5.74, 6) is 4.20. The summed E-state index contributed by atoms with van der Waals surface area (Å²) >= 11 is 0. The van der Waals surface area contributed by atoms with Crippen LogP contribution in [0.2, 0.25) is 0 Å². The highest BCUT2D eigenvalue weighted by atomic mass is 31.2. The van der Waals surface area contributed by atoms with E-state index in [9.17, 15) is 0 Å². The van der Waals surface area contributed by atoms with E-state index < -0.39 is 16.9 Å². The van der Waals surface area contributed by atoms with Crippen LogP contribution in [0.4, 0.5) is 5.69 Å². The van der Waals surface area contributed by atoms with Crippen LogP contribution in [0, 0.1) is 13.8 Å². The lowest BCUT2D eigenvalue weighted by Gasteiger charge is -2.37. The van der Waals surface area contributed by atoms with Crippen molar-refractivity contribution in [2.45, 2.75) is 13.8 Å². The first-order chi connectivity index (χ1) is 23.4. The number of rotatable bonds is 7. The Morgan fingerprint density at radius 1 is 0.583 bits per heavy atom. The molecule has 1 unspecified atom stereocenters. The number of nitrogens with zero attached hydrogens (tertiary/aromatic N) is 1. The number of methoxy groups -OCH3 is 2. The molecule has 2 heterocycles. The summed E-state index contributed by atoms with van der Waals surface area (Å²) in [7, 11) is 2.34. The van der Waals surface area contributed by atoms with Crippen LogP contribution in [0.1, 0.15) is 11.1 Å². The van der Waals surface area contributed by atoms with Crippen molar-refractivity contribution >= 4 is 38.7 Å². The highest BCUT2D eigenvalue weighted by molar-refractivity contribution is 7.63. The maximum atomic E-state index is 7.19. The van der Waals surface area contributed by atoms with Crippen molar-refractivity contribution in [1.82, 2.24) is 0 Å². The second-order valence-corrected chi connectivity index (χ2v) is 14.5. The van der Waals surface area contributed by atoms with Crippen molar-refractivity contribution < 1.29 is 27.6 Å². The summed E-state index contributed by atoms with van der Waals surface area (Å²) in [6.45, 7) is 4.04. The topological polar surface area (TPSA) is 58.6 Å². The van der Waals surface area contributed by atoms with E-state index in [1.54, 1.807) is 14.2 Å². The molecule has 0 saturated heterocycles. The van der Waals surface area contributed by atoms with E-state index >= 15 is 0 Å². The van der Waals surface area contributed by atoms with Gasteiger partial charge in [-0.1, -0.05) is 60.7 Å². The molecule has 0 spiro atoms. The van der Waals surface area contributed by atoms with Crippen molar-refractivity contribution in [3.8, 4) is 56.8 Å². The van der Waals surface area contributed by atoms with E-state index in [0.29, 0.717) is 17.2 Å². The second kappa shape index (κ2) is 12.2. The van der Waals surface area contributed by atoms with Crippen molar-refractivity contribution in [3.63, 3.8) is 0 Å². The monoisotopic (exact) mass is 673 g/mol. The van der Waals surface area contributed by atoms with Crippen LogP contribution in [0.15, 0.2) is 109 Å². The molecule has 8 rings (SSSR count). The number of ether oxygens (including phenoxy) is 2. The summed E-state index contributed by atoms with van der Waals surface area (Å²) in [4.78, 5) is 0. The standard InChI is InChI=1S/C39H33NO6P2/c1-24-20-27(41-4)22-31(38(24)45-47-36-19-9-7-15-30(36)29-14-6-8-16-33(29)40(47)3)32-23-28(42-5)21-25(2)39(32)46-48-43-34-17-10-12-26-13-11-18-35(44-48)37(26)34/h6-23H,1-5H3. The molecule has 0 radical (unpaired) electrons. The van der Waals surface area contributed by atoms with Crippen LogP contribution in [-0.4, -0.2) is 21.3 Å². The molecule has 0 fully saturated rings.